The molecule has 2 N–H and O–H groups in total. The van der Waals surface area contributed by atoms with E-state index in [1.807, 2.05) is 0 Å². The molecule has 0 fully saturated rings. The molecule has 1 rings (SSSR count). The van der Waals surface area contributed by atoms with Gasteiger partial charge in [0.25, 0.3) is 5.91 Å². The minimum Gasteiger partial charge on any atom is -0.351 e. The first kappa shape index (κ1) is 10.7. The molecule has 0 saturated heterocycles. The molecule has 0 spiro atoms. The first-order valence-electron chi connectivity index (χ1n) is 3.94. The van der Waals surface area contributed by atoms with Crippen LogP contribution in [0.15, 0.2) is 12.4 Å². The van der Waals surface area contributed by atoms with Crippen LogP contribution in [0.1, 0.15) is 10.4 Å². The Morgan fingerprint density at radius 1 is 1.64 bits per heavy atom. The molecule has 0 radical (unpaired) electrons. The second-order valence-electron chi connectivity index (χ2n) is 2.87. The van der Waals surface area contributed by atoms with Crippen molar-refractivity contribution >= 4 is 15.7 Å². The topological polar surface area (TPSA) is 91.9 Å². The Morgan fingerprint density at radius 3 is 2.86 bits per heavy atom. The van der Waals surface area contributed by atoms with Crippen LogP contribution in [-0.4, -0.2) is 43.1 Å². The lowest BCUT2D eigenvalue weighted by Crippen LogP contribution is -2.28. The molecule has 78 valence electrons. The number of sulfone groups is 1. The number of carbonyl (C=O) groups is 1. The molecule has 1 amide bonds. The fourth-order valence-electron chi connectivity index (χ4n) is 0.827. The fourth-order valence-corrected chi connectivity index (χ4v) is 1.30. The van der Waals surface area contributed by atoms with Crippen molar-refractivity contribution in [3.05, 3.63) is 18.0 Å². The van der Waals surface area contributed by atoms with Crippen molar-refractivity contribution in [2.75, 3.05) is 18.6 Å². The van der Waals surface area contributed by atoms with Gasteiger partial charge in [-0.2, -0.15) is 5.10 Å². The van der Waals surface area contributed by atoms with Gasteiger partial charge in [0, 0.05) is 19.0 Å². The lowest BCUT2D eigenvalue weighted by molar-refractivity contribution is 0.0956. The summed E-state index contributed by atoms with van der Waals surface area (Å²) in [6.45, 7) is 0.114. The molecule has 0 unspecified atom stereocenters. The van der Waals surface area contributed by atoms with Crippen molar-refractivity contribution in [1.82, 2.24) is 15.5 Å². The number of aromatic amines is 1. The van der Waals surface area contributed by atoms with E-state index in [4.69, 9.17) is 0 Å². The number of H-pyrrole nitrogens is 1. The predicted octanol–water partition coefficient (Wildman–Crippen LogP) is -0.816. The Hall–Kier alpha value is -1.37. The zero-order valence-electron chi connectivity index (χ0n) is 7.65. The van der Waals surface area contributed by atoms with E-state index in [-0.39, 0.29) is 18.2 Å². The minimum atomic E-state index is -3.03. The number of hydrogen-bond donors (Lipinski definition) is 2. The second kappa shape index (κ2) is 4.23. The van der Waals surface area contributed by atoms with Crippen LogP contribution >= 0.6 is 0 Å². The lowest BCUT2D eigenvalue weighted by Gasteiger charge is -2.01. The predicted molar refractivity (Wildman–Crippen MR) is 50.6 cm³/mol. The molecule has 1 heterocycles. The Morgan fingerprint density at radius 2 is 2.36 bits per heavy atom. The summed E-state index contributed by atoms with van der Waals surface area (Å²) in [4.78, 5) is 11.2. The molecule has 0 atom stereocenters. The Kier molecular flexibility index (Phi) is 3.23. The summed E-state index contributed by atoms with van der Waals surface area (Å²) < 4.78 is 21.5. The highest BCUT2D eigenvalue weighted by molar-refractivity contribution is 7.90. The summed E-state index contributed by atoms with van der Waals surface area (Å²) >= 11 is 0. The SMILES string of the molecule is CS(=O)(=O)CCNC(=O)c1cn[nH]c1. The molecule has 1 aromatic rings. The van der Waals surface area contributed by atoms with E-state index in [0.29, 0.717) is 5.56 Å². The highest BCUT2D eigenvalue weighted by Crippen LogP contribution is 1.92. The highest BCUT2D eigenvalue weighted by Gasteiger charge is 2.07. The van der Waals surface area contributed by atoms with Gasteiger partial charge in [0.1, 0.15) is 9.84 Å². The van der Waals surface area contributed by atoms with Gasteiger partial charge in [0.2, 0.25) is 0 Å². The Balaban J connectivity index is 2.37. The standard InChI is InChI=1S/C7H11N3O3S/c1-14(12,13)3-2-8-7(11)6-4-9-10-5-6/h4-5H,2-3H2,1H3,(H,8,11)(H,9,10). The normalized spacial score (nSPS) is 11.2. The average molecular weight is 217 g/mol. The second-order valence-corrected chi connectivity index (χ2v) is 5.13. The van der Waals surface area contributed by atoms with Gasteiger partial charge in [-0.15, -0.1) is 0 Å². The van der Waals surface area contributed by atoms with Crippen LogP contribution in [0.25, 0.3) is 0 Å². The molecule has 0 bridgehead atoms. The van der Waals surface area contributed by atoms with Crippen molar-refractivity contribution in [1.29, 1.82) is 0 Å². The van der Waals surface area contributed by atoms with Gasteiger partial charge in [-0.1, -0.05) is 0 Å². The quantitative estimate of drug-likeness (QED) is 0.689. The van der Waals surface area contributed by atoms with Gasteiger partial charge in [0.15, 0.2) is 0 Å². The molecule has 0 aliphatic heterocycles. The van der Waals surface area contributed by atoms with Crippen molar-refractivity contribution < 1.29 is 13.2 Å². The Bertz CT molecular complexity index is 396. The zero-order valence-corrected chi connectivity index (χ0v) is 8.47. The number of carbonyl (C=O) groups excluding carboxylic acids is 1. The Labute approximate surface area is 81.6 Å². The van der Waals surface area contributed by atoms with Gasteiger partial charge in [-0.05, 0) is 0 Å². The number of nitrogens with one attached hydrogen (secondary N) is 2. The number of rotatable bonds is 4. The molecule has 0 saturated carbocycles. The lowest BCUT2D eigenvalue weighted by atomic mass is 10.3. The third-order valence-electron chi connectivity index (χ3n) is 1.52. The average Bonchev–Trinajstić information content (AvgIpc) is 2.53. The van der Waals surface area contributed by atoms with Crippen molar-refractivity contribution in [3.8, 4) is 0 Å². The molecule has 7 heteroatoms. The summed E-state index contributed by atoms with van der Waals surface area (Å²) in [5.74, 6) is -0.390. The van der Waals surface area contributed by atoms with Gasteiger partial charge in [0.05, 0.1) is 17.5 Å². The molecule has 14 heavy (non-hydrogen) atoms. The van der Waals surface area contributed by atoms with Crippen LogP contribution in [-0.2, 0) is 9.84 Å². The van der Waals surface area contributed by atoms with E-state index >= 15 is 0 Å². The van der Waals surface area contributed by atoms with E-state index in [2.05, 4.69) is 15.5 Å². The summed E-state index contributed by atoms with van der Waals surface area (Å²) in [5, 5.41) is 8.55. The number of aromatic nitrogens is 2. The van der Waals surface area contributed by atoms with Gasteiger partial charge >= 0.3 is 0 Å². The number of nitrogens with zero attached hydrogens (tertiary/aromatic N) is 1. The molecular formula is C7H11N3O3S. The van der Waals surface area contributed by atoms with E-state index in [0.717, 1.165) is 6.26 Å². The maximum Gasteiger partial charge on any atom is 0.254 e. The van der Waals surface area contributed by atoms with Gasteiger partial charge in [-0.3, -0.25) is 9.89 Å². The summed E-state index contributed by atoms with van der Waals surface area (Å²) in [6, 6.07) is 0. The fraction of sp³-hybridized carbons (Fsp3) is 0.429. The van der Waals surface area contributed by atoms with Crippen LogP contribution in [0, 0.1) is 0 Å². The van der Waals surface area contributed by atoms with E-state index < -0.39 is 9.84 Å². The molecule has 6 nitrogen and oxygen atoms in total. The molecular weight excluding hydrogens is 206 g/mol. The molecule has 1 aromatic heterocycles. The number of amides is 1. The van der Waals surface area contributed by atoms with E-state index in [9.17, 15) is 13.2 Å². The van der Waals surface area contributed by atoms with Crippen LogP contribution < -0.4 is 5.32 Å². The monoisotopic (exact) mass is 217 g/mol. The number of hydrogen-bond acceptors (Lipinski definition) is 4. The summed E-state index contributed by atoms with van der Waals surface area (Å²) in [6.07, 6.45) is 3.93. The van der Waals surface area contributed by atoms with Crippen molar-refractivity contribution in [2.24, 2.45) is 0 Å². The van der Waals surface area contributed by atoms with Gasteiger partial charge in [-0.25, -0.2) is 8.42 Å². The highest BCUT2D eigenvalue weighted by atomic mass is 32.2. The van der Waals surface area contributed by atoms with E-state index in [1.165, 1.54) is 12.4 Å². The van der Waals surface area contributed by atoms with Crippen LogP contribution in [0.3, 0.4) is 0 Å². The van der Waals surface area contributed by atoms with Gasteiger partial charge < -0.3 is 5.32 Å². The summed E-state index contributed by atoms with van der Waals surface area (Å²) in [7, 11) is -3.03. The van der Waals surface area contributed by atoms with Crippen LogP contribution in [0.2, 0.25) is 0 Å². The minimum absolute atomic E-state index is 0.0589. The first-order valence-corrected chi connectivity index (χ1v) is 6.00. The zero-order chi connectivity index (χ0) is 10.6. The molecule has 0 aliphatic rings. The largest absolute Gasteiger partial charge is 0.351 e. The van der Waals surface area contributed by atoms with Crippen molar-refractivity contribution in [3.63, 3.8) is 0 Å². The third kappa shape index (κ3) is 3.56. The molecule has 0 aliphatic carbocycles. The maximum absolute atomic E-state index is 11.2. The smallest absolute Gasteiger partial charge is 0.254 e. The molecule has 0 aromatic carbocycles. The van der Waals surface area contributed by atoms with E-state index in [1.54, 1.807) is 0 Å². The van der Waals surface area contributed by atoms with Crippen molar-refractivity contribution in [2.45, 2.75) is 0 Å². The third-order valence-corrected chi connectivity index (χ3v) is 2.46. The summed E-state index contributed by atoms with van der Waals surface area (Å²) in [5.41, 5.74) is 0.388. The maximum atomic E-state index is 11.2. The van der Waals surface area contributed by atoms with Crippen LogP contribution in [0.4, 0.5) is 0 Å². The van der Waals surface area contributed by atoms with Crippen LogP contribution in [0.5, 0.6) is 0 Å². The first-order chi connectivity index (χ1) is 6.49.